The highest BCUT2D eigenvalue weighted by molar-refractivity contribution is 7.99. The van der Waals surface area contributed by atoms with Gasteiger partial charge in [-0.15, -0.1) is 0 Å². The first-order valence-electron chi connectivity index (χ1n) is 6.29. The Morgan fingerprint density at radius 2 is 2.25 bits per heavy atom. The molecule has 4 heteroatoms. The quantitative estimate of drug-likeness (QED) is 0.575. The second-order valence-electron chi connectivity index (χ2n) is 4.85. The van der Waals surface area contributed by atoms with Gasteiger partial charge in [-0.25, -0.2) is 0 Å². The highest BCUT2D eigenvalue weighted by atomic mass is 32.2. The van der Waals surface area contributed by atoms with Gasteiger partial charge in [0.25, 0.3) is 0 Å². The molecule has 94 valence electrons. The maximum absolute atomic E-state index is 5.85. The van der Waals surface area contributed by atoms with E-state index in [1.165, 1.54) is 25.0 Å². The molecule has 16 heavy (non-hydrogen) atoms. The molecular weight excluding hydrogens is 218 g/mol. The van der Waals surface area contributed by atoms with Gasteiger partial charge in [-0.05, 0) is 30.9 Å². The van der Waals surface area contributed by atoms with Crippen LogP contribution < -0.4 is 11.1 Å². The van der Waals surface area contributed by atoms with Gasteiger partial charge >= 0.3 is 0 Å². The maximum Gasteiger partial charge on any atom is 0.188 e. The topological polar surface area (TPSA) is 50.4 Å². The molecule has 0 bridgehead atoms. The van der Waals surface area contributed by atoms with Gasteiger partial charge in [0.1, 0.15) is 0 Å². The highest BCUT2D eigenvalue weighted by Gasteiger charge is 2.24. The minimum absolute atomic E-state index is 0.542. The van der Waals surface area contributed by atoms with E-state index in [0.717, 1.165) is 11.8 Å². The molecule has 0 aromatic rings. The summed E-state index contributed by atoms with van der Waals surface area (Å²) < 4.78 is 0. The van der Waals surface area contributed by atoms with E-state index in [2.05, 4.69) is 42.8 Å². The molecule has 1 fully saturated rings. The largest absolute Gasteiger partial charge is 0.370 e. The first kappa shape index (κ1) is 13.7. The fourth-order valence-electron chi connectivity index (χ4n) is 1.99. The van der Waals surface area contributed by atoms with E-state index in [0.29, 0.717) is 17.9 Å². The molecule has 0 aromatic carbocycles. The first-order chi connectivity index (χ1) is 7.61. The third kappa shape index (κ3) is 5.10. The highest BCUT2D eigenvalue weighted by Crippen LogP contribution is 2.29. The fourth-order valence-corrected chi connectivity index (χ4v) is 3.14. The van der Waals surface area contributed by atoms with Crippen molar-refractivity contribution in [1.82, 2.24) is 5.32 Å². The van der Waals surface area contributed by atoms with Crippen molar-refractivity contribution < 1.29 is 0 Å². The summed E-state index contributed by atoms with van der Waals surface area (Å²) in [6, 6.07) is 0.542. The minimum atomic E-state index is 0.542. The Balaban J connectivity index is 2.25. The lowest BCUT2D eigenvalue weighted by Crippen LogP contribution is -2.39. The Morgan fingerprint density at radius 3 is 2.88 bits per heavy atom. The zero-order valence-corrected chi connectivity index (χ0v) is 11.5. The van der Waals surface area contributed by atoms with Crippen molar-refractivity contribution in [3.63, 3.8) is 0 Å². The van der Waals surface area contributed by atoms with Gasteiger partial charge in [0.05, 0.1) is 0 Å². The van der Waals surface area contributed by atoms with E-state index in [1.54, 1.807) is 0 Å². The van der Waals surface area contributed by atoms with E-state index in [4.69, 9.17) is 5.73 Å². The van der Waals surface area contributed by atoms with Crippen molar-refractivity contribution in [2.75, 3.05) is 12.3 Å². The number of aliphatic imine (C=N–C) groups is 1. The number of nitrogens with one attached hydrogen (secondary N) is 1. The molecule has 2 atom stereocenters. The van der Waals surface area contributed by atoms with E-state index in [9.17, 15) is 0 Å². The van der Waals surface area contributed by atoms with Gasteiger partial charge in [0.2, 0.25) is 0 Å². The second kappa shape index (κ2) is 7.05. The molecule has 2 unspecified atom stereocenters. The number of hydrogen-bond acceptors (Lipinski definition) is 2. The molecule has 0 saturated heterocycles. The van der Waals surface area contributed by atoms with Crippen molar-refractivity contribution in [2.24, 2.45) is 16.6 Å². The Labute approximate surface area is 104 Å². The predicted octanol–water partition coefficient (Wildman–Crippen LogP) is 2.22. The lowest BCUT2D eigenvalue weighted by molar-refractivity contribution is 0.616. The third-order valence-corrected chi connectivity index (χ3v) is 4.00. The number of nitrogens with two attached hydrogens (primary N) is 1. The van der Waals surface area contributed by atoms with Crippen molar-refractivity contribution in [1.29, 1.82) is 0 Å². The van der Waals surface area contributed by atoms with Crippen LogP contribution in [0.15, 0.2) is 4.99 Å². The van der Waals surface area contributed by atoms with Crippen LogP contribution in [0.3, 0.4) is 0 Å². The third-order valence-electron chi connectivity index (χ3n) is 2.77. The Hall–Kier alpha value is -0.380. The van der Waals surface area contributed by atoms with E-state index in [-0.39, 0.29) is 0 Å². The summed E-state index contributed by atoms with van der Waals surface area (Å²) in [7, 11) is 0. The molecular formula is C12H25N3S. The fraction of sp³-hybridized carbons (Fsp3) is 0.917. The second-order valence-corrected chi connectivity index (χ2v) is 6.43. The van der Waals surface area contributed by atoms with Crippen LogP contribution >= 0.6 is 11.8 Å². The molecule has 0 aromatic heterocycles. The van der Waals surface area contributed by atoms with Crippen molar-refractivity contribution >= 4 is 17.7 Å². The van der Waals surface area contributed by atoms with E-state index < -0.39 is 0 Å². The summed E-state index contributed by atoms with van der Waals surface area (Å²) in [5.41, 5.74) is 5.85. The van der Waals surface area contributed by atoms with Gasteiger partial charge < -0.3 is 11.1 Å². The summed E-state index contributed by atoms with van der Waals surface area (Å²) >= 11 is 2.07. The Kier molecular flexibility index (Phi) is 6.03. The number of nitrogens with zero attached hydrogens (tertiary/aromatic N) is 1. The van der Waals surface area contributed by atoms with Crippen LogP contribution in [0.1, 0.15) is 40.0 Å². The smallest absolute Gasteiger partial charge is 0.188 e. The summed E-state index contributed by atoms with van der Waals surface area (Å²) in [6.07, 6.45) is 3.78. The molecule has 3 nitrogen and oxygen atoms in total. The predicted molar refractivity (Wildman–Crippen MR) is 74.0 cm³/mol. The van der Waals surface area contributed by atoms with Crippen molar-refractivity contribution in [3.05, 3.63) is 0 Å². The molecule has 3 N–H and O–H groups in total. The monoisotopic (exact) mass is 243 g/mol. The van der Waals surface area contributed by atoms with Crippen molar-refractivity contribution in [2.45, 2.75) is 51.3 Å². The lowest BCUT2D eigenvalue weighted by Gasteiger charge is -2.14. The molecule has 0 amide bonds. The number of rotatable bonds is 5. The van der Waals surface area contributed by atoms with Gasteiger partial charge in [0.15, 0.2) is 5.96 Å². The van der Waals surface area contributed by atoms with Crippen LogP contribution in [0.2, 0.25) is 0 Å². The Bertz CT molecular complexity index is 228. The van der Waals surface area contributed by atoms with Gasteiger partial charge in [0, 0.05) is 17.8 Å². The molecule has 0 radical (unpaired) electrons. The van der Waals surface area contributed by atoms with E-state index >= 15 is 0 Å². The van der Waals surface area contributed by atoms with Crippen molar-refractivity contribution in [3.8, 4) is 0 Å². The molecule has 0 aliphatic heterocycles. The molecule has 0 spiro atoms. The summed E-state index contributed by atoms with van der Waals surface area (Å²) in [5.74, 6) is 2.42. The maximum atomic E-state index is 5.85. The lowest BCUT2D eigenvalue weighted by atomic mass is 10.2. The molecule has 1 saturated carbocycles. The number of hydrogen-bond donors (Lipinski definition) is 2. The normalized spacial score (nSPS) is 26.4. The minimum Gasteiger partial charge on any atom is -0.370 e. The van der Waals surface area contributed by atoms with Crippen LogP contribution in [0.5, 0.6) is 0 Å². The molecule has 0 heterocycles. The first-order valence-corrected chi connectivity index (χ1v) is 7.34. The Morgan fingerprint density at radius 1 is 1.50 bits per heavy atom. The standard InChI is InChI=1S/C12H25N3S/c1-4-16-11-6-5-10(7-11)15-12(13)14-8-9(2)3/h9-11H,4-8H2,1-3H3,(H3,13,14,15). The number of thioether (sulfide) groups is 1. The molecule has 1 aliphatic rings. The zero-order chi connectivity index (χ0) is 12.0. The summed E-state index contributed by atoms with van der Waals surface area (Å²) in [4.78, 5) is 4.33. The molecule has 1 rings (SSSR count). The van der Waals surface area contributed by atoms with Crippen LogP contribution in [-0.4, -0.2) is 29.5 Å². The van der Waals surface area contributed by atoms with Crippen LogP contribution in [-0.2, 0) is 0 Å². The summed E-state index contributed by atoms with van der Waals surface area (Å²) in [6.45, 7) is 7.35. The van der Waals surface area contributed by atoms with Crippen LogP contribution in [0.4, 0.5) is 0 Å². The van der Waals surface area contributed by atoms with Gasteiger partial charge in [-0.1, -0.05) is 20.8 Å². The zero-order valence-electron chi connectivity index (χ0n) is 10.7. The SMILES string of the molecule is CCSC1CCC(NC(N)=NCC(C)C)C1. The van der Waals surface area contributed by atoms with Gasteiger partial charge in [-0.3, -0.25) is 4.99 Å². The average molecular weight is 243 g/mol. The average Bonchev–Trinajstić information content (AvgIpc) is 2.63. The number of guanidine groups is 1. The van der Waals surface area contributed by atoms with Crippen LogP contribution in [0, 0.1) is 5.92 Å². The summed E-state index contributed by atoms with van der Waals surface area (Å²) in [5, 5.41) is 4.16. The molecule has 1 aliphatic carbocycles. The van der Waals surface area contributed by atoms with Gasteiger partial charge in [-0.2, -0.15) is 11.8 Å². The van der Waals surface area contributed by atoms with E-state index in [1.807, 2.05) is 0 Å². The van der Waals surface area contributed by atoms with Crippen LogP contribution in [0.25, 0.3) is 0 Å².